The fraction of sp³-hybridized carbons (Fsp3) is 0.333. The zero-order chi connectivity index (χ0) is 12.7. The van der Waals surface area contributed by atoms with Crippen LogP contribution < -0.4 is 4.74 Å². The van der Waals surface area contributed by atoms with Crippen LogP contribution in [0.3, 0.4) is 0 Å². The van der Waals surface area contributed by atoms with E-state index in [1.54, 1.807) is 24.3 Å². The number of sulfone groups is 1. The summed E-state index contributed by atoms with van der Waals surface area (Å²) in [5.41, 5.74) is 0.718. The van der Waals surface area contributed by atoms with Crippen LogP contribution in [0.15, 0.2) is 24.3 Å². The quantitative estimate of drug-likeness (QED) is 0.793. The van der Waals surface area contributed by atoms with Crippen molar-refractivity contribution < 1.29 is 18.3 Å². The van der Waals surface area contributed by atoms with Crippen LogP contribution in [0.1, 0.15) is 5.56 Å². The molecule has 0 unspecified atom stereocenters. The highest BCUT2D eigenvalue weighted by Gasteiger charge is 2.02. The smallest absolute Gasteiger partial charge is 0.150 e. The zero-order valence-electron chi connectivity index (χ0n) is 9.51. The first-order chi connectivity index (χ1) is 8.01. The van der Waals surface area contributed by atoms with Crippen molar-refractivity contribution in [3.63, 3.8) is 0 Å². The number of rotatable bonds is 4. The van der Waals surface area contributed by atoms with E-state index in [9.17, 15) is 8.42 Å². The molecular weight excluding hydrogens is 240 g/mol. The largest absolute Gasteiger partial charge is 0.492 e. The Hall–Kier alpha value is -1.51. The molecule has 0 saturated heterocycles. The second-order valence-corrected chi connectivity index (χ2v) is 5.73. The summed E-state index contributed by atoms with van der Waals surface area (Å²) >= 11 is 0. The molecule has 0 spiro atoms. The average molecular weight is 254 g/mol. The van der Waals surface area contributed by atoms with Gasteiger partial charge in [0.2, 0.25) is 0 Å². The first kappa shape index (κ1) is 13.6. The lowest BCUT2D eigenvalue weighted by Crippen LogP contribution is -2.12. The molecule has 1 N–H and O–H groups in total. The highest BCUT2D eigenvalue weighted by molar-refractivity contribution is 7.90. The minimum absolute atomic E-state index is 0.0143. The molecule has 0 aliphatic carbocycles. The monoisotopic (exact) mass is 254 g/mol. The highest BCUT2D eigenvalue weighted by Crippen LogP contribution is 2.12. The molecule has 17 heavy (non-hydrogen) atoms. The van der Waals surface area contributed by atoms with Crippen molar-refractivity contribution in [2.75, 3.05) is 25.2 Å². The van der Waals surface area contributed by atoms with Gasteiger partial charge in [-0.3, -0.25) is 0 Å². The van der Waals surface area contributed by atoms with E-state index in [0.29, 0.717) is 5.75 Å². The molecule has 0 aliphatic heterocycles. The van der Waals surface area contributed by atoms with E-state index in [2.05, 4.69) is 11.8 Å². The highest BCUT2D eigenvalue weighted by atomic mass is 32.2. The molecule has 5 heteroatoms. The van der Waals surface area contributed by atoms with Gasteiger partial charge >= 0.3 is 0 Å². The van der Waals surface area contributed by atoms with Crippen molar-refractivity contribution in [2.24, 2.45) is 0 Å². The normalized spacial score (nSPS) is 10.5. The standard InChI is InChI=1S/C12H14O4S/c1-17(14,15)9-8-16-12-6-2-4-11(10-12)5-3-7-13/h2,4,6,10,13H,7-9H2,1H3. The first-order valence-corrected chi connectivity index (χ1v) is 7.07. The van der Waals surface area contributed by atoms with Crippen molar-refractivity contribution in [1.82, 2.24) is 0 Å². The fourth-order valence-corrected chi connectivity index (χ4v) is 1.50. The van der Waals surface area contributed by atoms with Gasteiger partial charge in [0.1, 0.15) is 19.0 Å². The van der Waals surface area contributed by atoms with Crippen LogP contribution in [-0.4, -0.2) is 38.7 Å². The van der Waals surface area contributed by atoms with Gasteiger partial charge in [-0.2, -0.15) is 0 Å². The molecule has 0 heterocycles. The summed E-state index contributed by atoms with van der Waals surface area (Å²) in [6.07, 6.45) is 1.17. The third-order valence-corrected chi connectivity index (χ3v) is 2.78. The number of aliphatic hydroxyl groups is 1. The Morgan fingerprint density at radius 2 is 2.18 bits per heavy atom. The summed E-state index contributed by atoms with van der Waals surface area (Å²) in [4.78, 5) is 0. The van der Waals surface area contributed by atoms with Crippen molar-refractivity contribution in [2.45, 2.75) is 0 Å². The van der Waals surface area contributed by atoms with E-state index in [0.717, 1.165) is 5.56 Å². The molecule has 1 rings (SSSR count). The zero-order valence-corrected chi connectivity index (χ0v) is 10.3. The molecule has 92 valence electrons. The Morgan fingerprint density at radius 1 is 1.41 bits per heavy atom. The van der Waals surface area contributed by atoms with Crippen molar-refractivity contribution in [3.05, 3.63) is 29.8 Å². The summed E-state index contributed by atoms with van der Waals surface area (Å²) in [6.45, 7) is -0.0745. The van der Waals surface area contributed by atoms with Crippen LogP contribution in [0.4, 0.5) is 0 Å². The molecule has 0 radical (unpaired) electrons. The van der Waals surface area contributed by atoms with Crippen molar-refractivity contribution in [1.29, 1.82) is 0 Å². The number of aliphatic hydroxyl groups excluding tert-OH is 1. The Kier molecular flexibility index (Phi) is 5.01. The average Bonchev–Trinajstić information content (AvgIpc) is 2.25. The second kappa shape index (κ2) is 6.28. The number of ether oxygens (including phenoxy) is 1. The van der Waals surface area contributed by atoms with Gasteiger partial charge in [-0.1, -0.05) is 17.9 Å². The Morgan fingerprint density at radius 3 is 2.82 bits per heavy atom. The van der Waals surface area contributed by atoms with Crippen LogP contribution in [0.5, 0.6) is 5.75 Å². The van der Waals surface area contributed by atoms with E-state index in [1.807, 2.05) is 0 Å². The molecular formula is C12H14O4S. The molecule has 0 saturated carbocycles. The summed E-state index contributed by atoms with van der Waals surface area (Å²) in [6, 6.07) is 6.97. The lowest BCUT2D eigenvalue weighted by Gasteiger charge is -2.05. The van der Waals surface area contributed by atoms with Gasteiger partial charge in [-0.15, -0.1) is 0 Å². The Balaban J connectivity index is 2.60. The molecule has 0 bridgehead atoms. The minimum atomic E-state index is -3.00. The maximum atomic E-state index is 10.9. The summed E-state index contributed by atoms with van der Waals surface area (Å²) in [5.74, 6) is 5.82. The van der Waals surface area contributed by atoms with Crippen LogP contribution in [0.25, 0.3) is 0 Å². The lowest BCUT2D eigenvalue weighted by atomic mass is 10.2. The third-order valence-electron chi connectivity index (χ3n) is 1.87. The molecule has 0 amide bonds. The predicted octanol–water partition coefficient (Wildman–Crippen LogP) is 0.454. The van der Waals surface area contributed by atoms with Gasteiger partial charge in [0, 0.05) is 11.8 Å². The maximum Gasteiger partial charge on any atom is 0.150 e. The SMILES string of the molecule is CS(=O)(=O)CCOc1cccc(C#CCO)c1. The molecule has 4 nitrogen and oxygen atoms in total. The van der Waals surface area contributed by atoms with E-state index in [1.165, 1.54) is 6.26 Å². The molecule has 1 aromatic carbocycles. The third kappa shape index (κ3) is 5.95. The van der Waals surface area contributed by atoms with E-state index in [-0.39, 0.29) is 19.0 Å². The van der Waals surface area contributed by atoms with Gasteiger partial charge in [-0.05, 0) is 18.2 Å². The van der Waals surface area contributed by atoms with E-state index >= 15 is 0 Å². The van der Waals surface area contributed by atoms with E-state index in [4.69, 9.17) is 9.84 Å². The topological polar surface area (TPSA) is 63.6 Å². The molecule has 1 aromatic rings. The fourth-order valence-electron chi connectivity index (χ4n) is 1.12. The van der Waals surface area contributed by atoms with Crippen molar-refractivity contribution >= 4 is 9.84 Å². The second-order valence-electron chi connectivity index (χ2n) is 3.47. The van der Waals surface area contributed by atoms with Crippen molar-refractivity contribution in [3.8, 4) is 17.6 Å². The van der Waals surface area contributed by atoms with Crippen LogP contribution >= 0.6 is 0 Å². The maximum absolute atomic E-state index is 10.9. The summed E-state index contributed by atoms with van der Waals surface area (Å²) in [5, 5.41) is 8.56. The van der Waals surface area contributed by atoms with Gasteiger partial charge in [-0.25, -0.2) is 8.42 Å². The minimum Gasteiger partial charge on any atom is -0.492 e. The molecule has 0 aromatic heterocycles. The van der Waals surface area contributed by atoms with Crippen LogP contribution in [0.2, 0.25) is 0 Å². The van der Waals surface area contributed by atoms with Gasteiger partial charge in [0.15, 0.2) is 9.84 Å². The van der Waals surface area contributed by atoms with Crippen LogP contribution in [-0.2, 0) is 9.84 Å². The van der Waals surface area contributed by atoms with Gasteiger partial charge < -0.3 is 9.84 Å². The summed E-state index contributed by atoms with van der Waals surface area (Å²) < 4.78 is 27.1. The Bertz CT molecular complexity index is 523. The number of hydrogen-bond donors (Lipinski definition) is 1. The number of benzene rings is 1. The Labute approximate surface area is 101 Å². The number of hydrogen-bond acceptors (Lipinski definition) is 4. The molecule has 0 aliphatic rings. The van der Waals surface area contributed by atoms with E-state index < -0.39 is 9.84 Å². The molecule has 0 fully saturated rings. The van der Waals surface area contributed by atoms with Gasteiger partial charge in [0.25, 0.3) is 0 Å². The van der Waals surface area contributed by atoms with Crippen LogP contribution in [0, 0.1) is 11.8 Å². The predicted molar refractivity (Wildman–Crippen MR) is 65.6 cm³/mol. The lowest BCUT2D eigenvalue weighted by molar-refractivity contribution is 0.341. The first-order valence-electron chi connectivity index (χ1n) is 5.01. The summed E-state index contributed by atoms with van der Waals surface area (Å²) in [7, 11) is -3.00. The molecule has 0 atom stereocenters. The van der Waals surface area contributed by atoms with Gasteiger partial charge in [0.05, 0.1) is 5.75 Å².